The Labute approximate surface area is 189 Å². The van der Waals surface area contributed by atoms with E-state index in [4.69, 9.17) is 9.47 Å². The van der Waals surface area contributed by atoms with E-state index in [0.717, 1.165) is 12.2 Å². The van der Waals surface area contributed by atoms with Crippen LogP contribution in [0.25, 0.3) is 0 Å². The molecule has 32 heavy (non-hydrogen) atoms. The van der Waals surface area contributed by atoms with E-state index in [1.165, 1.54) is 25.7 Å². The van der Waals surface area contributed by atoms with Crippen molar-refractivity contribution in [2.75, 3.05) is 13.7 Å². The summed E-state index contributed by atoms with van der Waals surface area (Å²) in [6, 6.07) is 10.2. The van der Waals surface area contributed by atoms with E-state index in [1.54, 1.807) is 7.11 Å². The molecule has 0 aromatic heterocycles. The fourth-order valence-corrected chi connectivity index (χ4v) is 13.7. The molecule has 1 aromatic carbocycles. The number of para-hydroxylation sites is 1. The summed E-state index contributed by atoms with van der Waals surface area (Å²) in [5.41, 5.74) is -1.89. The quantitative estimate of drug-likeness (QED) is 0.736. The van der Waals surface area contributed by atoms with E-state index in [9.17, 15) is 9.90 Å². The van der Waals surface area contributed by atoms with Gasteiger partial charge in [0.05, 0.1) is 19.3 Å². The Kier molecular flexibility index (Phi) is 2.84. The predicted octanol–water partition coefficient (Wildman–Crippen LogP) is 3.78. The molecule has 0 spiro atoms. The molecule has 0 heterocycles. The molecule has 14 atom stereocenters. The zero-order valence-corrected chi connectivity index (χ0v) is 18.7. The molecule has 9 aliphatic carbocycles. The van der Waals surface area contributed by atoms with E-state index in [0.29, 0.717) is 65.8 Å². The van der Waals surface area contributed by atoms with Gasteiger partial charge in [-0.1, -0.05) is 24.6 Å². The van der Waals surface area contributed by atoms with Gasteiger partial charge in [-0.25, -0.2) is 0 Å². The van der Waals surface area contributed by atoms with Crippen LogP contribution in [-0.2, 0) is 9.53 Å². The van der Waals surface area contributed by atoms with Crippen LogP contribution in [0.15, 0.2) is 30.3 Å². The lowest BCUT2D eigenvalue weighted by molar-refractivity contribution is -0.271. The lowest BCUT2D eigenvalue weighted by Crippen LogP contribution is -2.74. The minimum absolute atomic E-state index is 0.0618. The number of esters is 1. The maximum atomic E-state index is 14.0. The summed E-state index contributed by atoms with van der Waals surface area (Å²) in [5, 5.41) is 13.2. The highest BCUT2D eigenvalue weighted by molar-refractivity contribution is 5.83. The average molecular weight is 433 g/mol. The van der Waals surface area contributed by atoms with E-state index >= 15 is 0 Å². The molecule has 10 rings (SSSR count). The highest BCUT2D eigenvalue weighted by atomic mass is 16.5. The third-order valence-corrected chi connectivity index (χ3v) is 13.2. The Morgan fingerprint density at radius 3 is 2.44 bits per heavy atom. The number of hydrogen-bond acceptors (Lipinski definition) is 4. The van der Waals surface area contributed by atoms with Gasteiger partial charge in [0.2, 0.25) is 0 Å². The highest BCUT2D eigenvalue weighted by Crippen LogP contribution is 2.98. The fourth-order valence-electron chi connectivity index (χ4n) is 13.7. The van der Waals surface area contributed by atoms with Crippen LogP contribution in [0.1, 0.15) is 32.1 Å². The van der Waals surface area contributed by atoms with Crippen LogP contribution in [0.2, 0.25) is 0 Å². The average Bonchev–Trinajstić information content (AvgIpc) is 3.59. The van der Waals surface area contributed by atoms with Crippen molar-refractivity contribution in [2.24, 2.45) is 75.9 Å². The molecule has 1 N–H and O–H groups in total. The predicted molar refractivity (Wildman–Crippen MR) is 115 cm³/mol. The SMILES string of the molecule is COC(=O)[C@]12[C@@H]3[C@H]4CC[C@H]5[C@@H]4[C@@H]4[C@@H]3[C@@H]3[C@H]([C@H]6CCC[C@H]6[C@@H]31)[C@]4(COc1ccccc1)[C@@]52O. The summed E-state index contributed by atoms with van der Waals surface area (Å²) in [6.45, 7) is 0.580. The van der Waals surface area contributed by atoms with Gasteiger partial charge in [-0.15, -0.1) is 0 Å². The molecule has 0 aliphatic heterocycles. The van der Waals surface area contributed by atoms with E-state index in [1.807, 2.05) is 30.3 Å². The first-order chi connectivity index (χ1) is 15.6. The van der Waals surface area contributed by atoms with Gasteiger partial charge in [0, 0.05) is 5.41 Å². The Balaban J connectivity index is 1.32. The van der Waals surface area contributed by atoms with Crippen LogP contribution in [0.4, 0.5) is 0 Å². The van der Waals surface area contributed by atoms with Crippen LogP contribution in [0.3, 0.4) is 0 Å². The summed E-state index contributed by atoms with van der Waals surface area (Å²) >= 11 is 0. The Morgan fingerprint density at radius 2 is 1.66 bits per heavy atom. The van der Waals surface area contributed by atoms with Gasteiger partial charge in [0.1, 0.15) is 11.2 Å². The molecular weight excluding hydrogens is 400 g/mol. The highest BCUT2D eigenvalue weighted by Gasteiger charge is 3.02. The van der Waals surface area contributed by atoms with Crippen LogP contribution in [-0.4, -0.2) is 30.4 Å². The van der Waals surface area contributed by atoms with Crippen LogP contribution in [0, 0.1) is 75.9 Å². The van der Waals surface area contributed by atoms with Crippen LogP contribution in [0.5, 0.6) is 5.75 Å². The number of carbonyl (C=O) groups is 1. The number of ether oxygens (including phenoxy) is 2. The second-order valence-electron chi connectivity index (χ2n) is 12.7. The Morgan fingerprint density at radius 1 is 0.938 bits per heavy atom. The van der Waals surface area contributed by atoms with Crippen molar-refractivity contribution < 1.29 is 19.4 Å². The molecule has 4 nitrogen and oxygen atoms in total. The van der Waals surface area contributed by atoms with Crippen LogP contribution < -0.4 is 4.74 Å². The van der Waals surface area contributed by atoms with Crippen molar-refractivity contribution in [1.82, 2.24) is 0 Å². The number of benzene rings is 1. The molecule has 9 bridgehead atoms. The van der Waals surface area contributed by atoms with E-state index in [-0.39, 0.29) is 17.3 Å². The van der Waals surface area contributed by atoms with Gasteiger partial charge in [-0.3, -0.25) is 4.79 Å². The van der Waals surface area contributed by atoms with Crippen LogP contribution >= 0.6 is 0 Å². The van der Waals surface area contributed by atoms with Crippen molar-refractivity contribution in [3.63, 3.8) is 0 Å². The van der Waals surface area contributed by atoms with Gasteiger partial charge in [-0.2, -0.15) is 0 Å². The Hall–Kier alpha value is -1.55. The fraction of sp³-hybridized carbons (Fsp3) is 0.750. The number of rotatable bonds is 4. The summed E-state index contributed by atoms with van der Waals surface area (Å²) in [4.78, 5) is 14.0. The molecule has 9 saturated carbocycles. The molecule has 0 radical (unpaired) electrons. The summed E-state index contributed by atoms with van der Waals surface area (Å²) in [5.74, 6) is 6.66. The van der Waals surface area contributed by atoms with E-state index < -0.39 is 11.0 Å². The van der Waals surface area contributed by atoms with Crippen molar-refractivity contribution in [2.45, 2.75) is 37.7 Å². The maximum absolute atomic E-state index is 14.0. The van der Waals surface area contributed by atoms with Crippen molar-refractivity contribution in [3.8, 4) is 5.75 Å². The van der Waals surface area contributed by atoms with Gasteiger partial charge in [0.15, 0.2) is 0 Å². The van der Waals surface area contributed by atoms with E-state index in [2.05, 4.69) is 0 Å². The maximum Gasteiger partial charge on any atom is 0.315 e. The number of aliphatic hydroxyl groups is 1. The van der Waals surface area contributed by atoms with Gasteiger partial charge in [0.25, 0.3) is 0 Å². The van der Waals surface area contributed by atoms with Gasteiger partial charge < -0.3 is 14.6 Å². The smallest absolute Gasteiger partial charge is 0.315 e. The Bertz CT molecular complexity index is 1050. The second kappa shape index (κ2) is 5.09. The normalized spacial score (nSPS) is 62.4. The largest absolute Gasteiger partial charge is 0.493 e. The summed E-state index contributed by atoms with van der Waals surface area (Å²) < 4.78 is 12.3. The van der Waals surface area contributed by atoms with Crippen molar-refractivity contribution in [1.29, 1.82) is 0 Å². The monoisotopic (exact) mass is 432 g/mol. The molecule has 9 fully saturated rings. The lowest BCUT2D eigenvalue weighted by atomic mass is 9.42. The molecule has 4 heteroatoms. The second-order valence-corrected chi connectivity index (χ2v) is 12.7. The lowest BCUT2D eigenvalue weighted by Gasteiger charge is -2.63. The first kappa shape index (κ1) is 17.9. The van der Waals surface area contributed by atoms with Gasteiger partial charge >= 0.3 is 5.97 Å². The zero-order valence-electron chi connectivity index (χ0n) is 18.7. The topological polar surface area (TPSA) is 55.8 Å². The summed E-state index contributed by atoms with van der Waals surface area (Å²) in [7, 11) is 1.57. The molecule has 0 amide bonds. The molecule has 0 saturated heterocycles. The minimum atomic E-state index is -0.946. The number of carbonyl (C=O) groups excluding carboxylic acids is 1. The summed E-state index contributed by atoms with van der Waals surface area (Å²) in [6.07, 6.45) is 6.12. The van der Waals surface area contributed by atoms with Crippen molar-refractivity contribution >= 4 is 5.97 Å². The molecular formula is C28H32O4. The standard InChI is InChI=1S/C28H32O4/c1-31-25(29)27-22-15-9-5-8-14(15)21-19(22)20-23(27)16-10-11-17-18(16)24(20)26(21,28(17,27)30)12-32-13-6-3-2-4-7-13/h2-4,6-7,14-24,30H,5,8-12H2,1H3/t14-,15+,16-,17-,18+,19+,20+,21-,22-,23+,24+,26-,27+,28-/m0/s1. The van der Waals surface area contributed by atoms with Crippen molar-refractivity contribution in [3.05, 3.63) is 30.3 Å². The third kappa shape index (κ3) is 1.32. The molecule has 0 unspecified atom stereocenters. The minimum Gasteiger partial charge on any atom is -0.493 e. The van der Waals surface area contributed by atoms with Gasteiger partial charge in [-0.05, 0) is 103 Å². The zero-order chi connectivity index (χ0) is 21.2. The first-order valence-corrected chi connectivity index (χ1v) is 13.1. The number of methoxy groups -OCH3 is 1. The molecule has 9 aliphatic rings. The first-order valence-electron chi connectivity index (χ1n) is 13.1. The molecule has 1 aromatic rings. The molecule has 168 valence electrons. The number of hydrogen-bond donors (Lipinski definition) is 1. The number of fused-ring (bicyclic) bond motifs is 1. The third-order valence-electron chi connectivity index (χ3n) is 13.2.